The molecule has 0 radical (unpaired) electrons. The van der Waals surface area contributed by atoms with E-state index in [-0.39, 0.29) is 0 Å². The lowest BCUT2D eigenvalue weighted by molar-refractivity contribution is 1.18. The molecule has 0 unspecified atom stereocenters. The molecule has 14 aromatic rings. The molecule has 0 amide bonds. The molecule has 336 valence electrons. The first-order chi connectivity index (χ1) is 35.7. The van der Waals surface area contributed by atoms with Crippen LogP contribution in [0.5, 0.6) is 0 Å². The second kappa shape index (κ2) is 17.1. The lowest BCUT2D eigenvalue weighted by Gasteiger charge is -2.15. The monoisotopic (exact) mass is 915 g/mol. The zero-order valence-corrected chi connectivity index (χ0v) is 39.3. The van der Waals surface area contributed by atoms with Crippen LogP contribution in [-0.2, 0) is 0 Å². The van der Waals surface area contributed by atoms with E-state index in [0.717, 1.165) is 72.5 Å². The first-order valence-electron chi connectivity index (χ1n) is 24.7. The summed E-state index contributed by atoms with van der Waals surface area (Å²) in [6.07, 6.45) is 0. The third kappa shape index (κ3) is 7.10. The van der Waals surface area contributed by atoms with E-state index in [0.29, 0.717) is 0 Å². The number of pyridine rings is 1. The van der Waals surface area contributed by atoms with Crippen molar-refractivity contribution in [2.24, 2.45) is 0 Å². The van der Waals surface area contributed by atoms with Crippen LogP contribution in [0.2, 0.25) is 0 Å². The molecule has 0 saturated carbocycles. The summed E-state index contributed by atoms with van der Waals surface area (Å²) in [6, 6.07) is 99.1. The Morgan fingerprint density at radius 3 is 1.10 bits per heavy atom. The van der Waals surface area contributed by atoms with Crippen molar-refractivity contribution in [3.8, 4) is 78.3 Å². The molecule has 0 bridgehead atoms. The van der Waals surface area contributed by atoms with Crippen LogP contribution in [0.4, 0.5) is 0 Å². The summed E-state index contributed by atoms with van der Waals surface area (Å²) in [5, 5.41) is 6.12. The summed E-state index contributed by atoms with van der Waals surface area (Å²) in [5.41, 5.74) is 21.6. The maximum absolute atomic E-state index is 5.47. The maximum Gasteiger partial charge on any atom is 0.0716 e. The summed E-state index contributed by atoms with van der Waals surface area (Å²) in [6.45, 7) is 0. The molecule has 0 saturated heterocycles. The van der Waals surface area contributed by atoms with Gasteiger partial charge >= 0.3 is 0 Å². The molecule has 11 aromatic carbocycles. The zero-order valence-electron chi connectivity index (χ0n) is 39.3. The number of benzene rings is 11. The number of fused-ring (bicyclic) bond motifs is 7. The summed E-state index contributed by atoms with van der Waals surface area (Å²) in [7, 11) is 0. The van der Waals surface area contributed by atoms with E-state index in [1.165, 1.54) is 60.3 Å². The zero-order chi connectivity index (χ0) is 47.5. The standard InChI is InChI=1S/C69H45N3/c1-2-17-46(18-3-1)47-19-12-20-48(39-47)49-21-13-25-54(40-49)62-45-65(55-26-14-22-50(41-55)51-23-15-27-56(42-51)71-66-33-8-4-29-58(66)59-30-5-9-34-67(59)71)70-64-38-37-53(44-63(62)64)52-24-16-28-57(43-52)72-68-35-10-6-31-60(68)61-32-7-11-36-69(61)72/h1-45H. The van der Waals surface area contributed by atoms with Gasteiger partial charge in [-0.05, 0) is 141 Å². The molecule has 14 rings (SSSR count). The van der Waals surface area contributed by atoms with Gasteiger partial charge in [0.2, 0.25) is 0 Å². The molecule has 0 fully saturated rings. The van der Waals surface area contributed by atoms with Crippen molar-refractivity contribution >= 4 is 54.5 Å². The van der Waals surface area contributed by atoms with Gasteiger partial charge in [-0.3, -0.25) is 0 Å². The number of hydrogen-bond acceptors (Lipinski definition) is 1. The lowest BCUT2D eigenvalue weighted by Crippen LogP contribution is -1.95. The van der Waals surface area contributed by atoms with Crippen molar-refractivity contribution < 1.29 is 0 Å². The SMILES string of the molecule is c1ccc(-c2cccc(-c3cccc(-c4cc(-c5cccc(-c6cccc(-n7c8ccccc8c8ccccc87)c6)c5)nc5ccc(-c6cccc(-n7c8ccccc8c8ccccc87)c6)cc45)c3)c2)cc1. The Balaban J connectivity index is 0.904. The molecule has 3 aromatic heterocycles. The van der Waals surface area contributed by atoms with Gasteiger partial charge in [-0.1, -0.05) is 188 Å². The second-order valence-corrected chi connectivity index (χ2v) is 18.7. The highest BCUT2D eigenvalue weighted by Crippen LogP contribution is 2.40. The molecule has 3 heteroatoms. The van der Waals surface area contributed by atoms with Crippen LogP contribution in [0.3, 0.4) is 0 Å². The van der Waals surface area contributed by atoms with Crippen LogP contribution in [-0.4, -0.2) is 14.1 Å². The Kier molecular flexibility index (Phi) is 9.85. The molecule has 0 aliphatic heterocycles. The van der Waals surface area contributed by atoms with Crippen LogP contribution in [0.15, 0.2) is 273 Å². The average Bonchev–Trinajstić information content (AvgIpc) is 3.98. The summed E-state index contributed by atoms with van der Waals surface area (Å²) in [4.78, 5) is 5.47. The minimum atomic E-state index is 0.926. The minimum absolute atomic E-state index is 0.926. The van der Waals surface area contributed by atoms with E-state index in [1.54, 1.807) is 0 Å². The van der Waals surface area contributed by atoms with Crippen molar-refractivity contribution in [2.75, 3.05) is 0 Å². The molecule has 0 aliphatic carbocycles. The third-order valence-corrected chi connectivity index (χ3v) is 14.5. The molecule has 3 heterocycles. The van der Waals surface area contributed by atoms with Crippen LogP contribution >= 0.6 is 0 Å². The van der Waals surface area contributed by atoms with Gasteiger partial charge in [0, 0.05) is 43.9 Å². The summed E-state index contributed by atoms with van der Waals surface area (Å²) in [5.74, 6) is 0. The van der Waals surface area contributed by atoms with E-state index >= 15 is 0 Å². The maximum atomic E-state index is 5.47. The van der Waals surface area contributed by atoms with Crippen molar-refractivity contribution in [1.29, 1.82) is 0 Å². The molecule has 0 N–H and O–H groups in total. The molecular weight excluding hydrogens is 871 g/mol. The van der Waals surface area contributed by atoms with E-state index in [4.69, 9.17) is 4.98 Å². The van der Waals surface area contributed by atoms with Crippen LogP contribution in [0, 0.1) is 0 Å². The quantitative estimate of drug-likeness (QED) is 0.149. The van der Waals surface area contributed by atoms with Gasteiger partial charge in [-0.2, -0.15) is 0 Å². The molecular formula is C69H45N3. The second-order valence-electron chi connectivity index (χ2n) is 18.7. The van der Waals surface area contributed by atoms with Gasteiger partial charge in [-0.15, -0.1) is 0 Å². The Morgan fingerprint density at radius 1 is 0.222 bits per heavy atom. The Hall–Kier alpha value is -9.57. The topological polar surface area (TPSA) is 22.8 Å². The number of rotatable bonds is 8. The van der Waals surface area contributed by atoms with E-state index < -0.39 is 0 Å². The van der Waals surface area contributed by atoms with Gasteiger partial charge in [0.15, 0.2) is 0 Å². The van der Waals surface area contributed by atoms with Crippen molar-refractivity contribution in [3.05, 3.63) is 273 Å². The fourth-order valence-electron chi connectivity index (χ4n) is 11.1. The highest BCUT2D eigenvalue weighted by atomic mass is 15.0. The van der Waals surface area contributed by atoms with E-state index in [2.05, 4.69) is 282 Å². The van der Waals surface area contributed by atoms with Gasteiger partial charge in [-0.25, -0.2) is 4.98 Å². The smallest absolute Gasteiger partial charge is 0.0716 e. The minimum Gasteiger partial charge on any atom is -0.309 e. The van der Waals surface area contributed by atoms with Gasteiger partial charge in [0.1, 0.15) is 0 Å². The van der Waals surface area contributed by atoms with Crippen molar-refractivity contribution in [3.63, 3.8) is 0 Å². The number of nitrogens with zero attached hydrogens (tertiary/aromatic N) is 3. The Bertz CT molecular complexity index is 4290. The van der Waals surface area contributed by atoms with E-state index in [1.807, 2.05) is 0 Å². The van der Waals surface area contributed by atoms with Gasteiger partial charge in [0.05, 0.1) is 33.3 Å². The van der Waals surface area contributed by atoms with Crippen LogP contribution in [0.25, 0.3) is 133 Å². The molecule has 0 atom stereocenters. The normalized spacial score (nSPS) is 11.6. The highest BCUT2D eigenvalue weighted by Gasteiger charge is 2.17. The number of para-hydroxylation sites is 4. The average molecular weight is 916 g/mol. The predicted octanol–water partition coefficient (Wildman–Crippen LogP) is 18.4. The fourth-order valence-corrected chi connectivity index (χ4v) is 11.1. The molecule has 3 nitrogen and oxygen atoms in total. The van der Waals surface area contributed by atoms with E-state index in [9.17, 15) is 0 Å². The number of aromatic nitrogens is 3. The third-order valence-electron chi connectivity index (χ3n) is 14.5. The Labute approximate surface area is 417 Å². The first-order valence-corrected chi connectivity index (χ1v) is 24.7. The lowest BCUT2D eigenvalue weighted by atomic mass is 9.92. The van der Waals surface area contributed by atoms with Gasteiger partial charge < -0.3 is 9.13 Å². The van der Waals surface area contributed by atoms with Crippen LogP contribution in [0.1, 0.15) is 0 Å². The largest absolute Gasteiger partial charge is 0.309 e. The molecule has 0 aliphatic rings. The van der Waals surface area contributed by atoms with Crippen molar-refractivity contribution in [1.82, 2.24) is 14.1 Å². The molecule has 72 heavy (non-hydrogen) atoms. The first kappa shape index (κ1) is 41.4. The van der Waals surface area contributed by atoms with Gasteiger partial charge in [0.25, 0.3) is 0 Å². The summed E-state index contributed by atoms with van der Waals surface area (Å²) < 4.78 is 4.78. The fraction of sp³-hybridized carbons (Fsp3) is 0. The summed E-state index contributed by atoms with van der Waals surface area (Å²) >= 11 is 0. The van der Waals surface area contributed by atoms with Crippen LogP contribution < -0.4 is 0 Å². The van der Waals surface area contributed by atoms with Crippen molar-refractivity contribution in [2.45, 2.75) is 0 Å². The molecule has 0 spiro atoms. The number of hydrogen-bond donors (Lipinski definition) is 0. The highest BCUT2D eigenvalue weighted by molar-refractivity contribution is 6.10. The Morgan fingerprint density at radius 2 is 0.583 bits per heavy atom. The predicted molar refractivity (Wildman–Crippen MR) is 303 cm³/mol.